The highest BCUT2D eigenvalue weighted by molar-refractivity contribution is 6.43. The molecule has 11 heavy (non-hydrogen) atoms. The van der Waals surface area contributed by atoms with Crippen LogP contribution in [0.2, 0.25) is 0 Å². The summed E-state index contributed by atoms with van der Waals surface area (Å²) in [7, 11) is 0. The van der Waals surface area contributed by atoms with E-state index < -0.39 is 10.5 Å². The standard InChI is InChI=1S/C5H4Cl3FN2/c6-4(7)2-1-3(5(8)9)11-10-2/h1,4-5H,(H,10,11). The molecular formula is C5H4Cl3FN2. The molecule has 0 amide bonds. The van der Waals surface area contributed by atoms with Crippen LogP contribution in [0.15, 0.2) is 6.07 Å². The smallest absolute Gasteiger partial charge is 0.217 e. The molecule has 0 fully saturated rings. The largest absolute Gasteiger partial charge is 0.279 e. The number of H-pyrrole nitrogens is 1. The molecule has 0 aromatic carbocycles. The lowest BCUT2D eigenvalue weighted by Gasteiger charge is -1.91. The Kier molecular flexibility index (Phi) is 2.98. The average Bonchev–Trinajstić information content (AvgIpc) is 2.33. The van der Waals surface area contributed by atoms with Gasteiger partial charge >= 0.3 is 0 Å². The van der Waals surface area contributed by atoms with Gasteiger partial charge in [-0.1, -0.05) is 34.8 Å². The number of nitrogens with zero attached hydrogens (tertiary/aromatic N) is 1. The van der Waals surface area contributed by atoms with Gasteiger partial charge in [0.15, 0.2) is 0 Å². The second-order valence-corrected chi connectivity index (χ2v) is 3.33. The fourth-order valence-electron chi connectivity index (χ4n) is 0.577. The van der Waals surface area contributed by atoms with Crippen molar-refractivity contribution in [2.45, 2.75) is 10.5 Å². The maximum atomic E-state index is 12.3. The van der Waals surface area contributed by atoms with Crippen LogP contribution in [0.5, 0.6) is 0 Å². The summed E-state index contributed by atoms with van der Waals surface area (Å²) in [5.74, 6) is 0. The van der Waals surface area contributed by atoms with Crippen molar-refractivity contribution in [3.8, 4) is 0 Å². The number of nitrogens with one attached hydrogen (secondary N) is 1. The molecule has 0 aliphatic heterocycles. The highest BCUT2D eigenvalue weighted by atomic mass is 35.5. The van der Waals surface area contributed by atoms with Crippen molar-refractivity contribution in [1.29, 1.82) is 0 Å². The van der Waals surface area contributed by atoms with Gasteiger partial charge in [-0.25, -0.2) is 4.39 Å². The number of rotatable bonds is 2. The van der Waals surface area contributed by atoms with Gasteiger partial charge in [0, 0.05) is 0 Å². The average molecular weight is 217 g/mol. The second-order valence-electron chi connectivity index (χ2n) is 1.85. The Hall–Kier alpha value is 0.01000. The summed E-state index contributed by atoms with van der Waals surface area (Å²) in [6.45, 7) is 0. The Balaban J connectivity index is 2.82. The van der Waals surface area contributed by atoms with Gasteiger partial charge in [0.2, 0.25) is 5.63 Å². The number of aromatic amines is 1. The molecule has 0 bridgehead atoms. The zero-order valence-corrected chi connectivity index (χ0v) is 7.46. The number of halogens is 4. The summed E-state index contributed by atoms with van der Waals surface area (Å²) in [6, 6.07) is 1.38. The lowest BCUT2D eigenvalue weighted by atomic mass is 10.4. The molecule has 2 nitrogen and oxygen atoms in total. The van der Waals surface area contributed by atoms with Crippen LogP contribution in [-0.4, -0.2) is 10.2 Å². The molecule has 6 heteroatoms. The van der Waals surface area contributed by atoms with Crippen LogP contribution in [0.1, 0.15) is 21.9 Å². The summed E-state index contributed by atoms with van der Waals surface area (Å²) >= 11 is 16.0. The van der Waals surface area contributed by atoms with Gasteiger partial charge < -0.3 is 0 Å². The normalized spacial score (nSPS) is 13.9. The monoisotopic (exact) mass is 216 g/mol. The van der Waals surface area contributed by atoms with Gasteiger partial charge in [-0.2, -0.15) is 5.10 Å². The fourth-order valence-corrected chi connectivity index (χ4v) is 0.912. The minimum atomic E-state index is -1.62. The maximum Gasteiger partial charge on any atom is 0.217 e. The molecule has 0 saturated carbocycles. The zero-order chi connectivity index (χ0) is 8.43. The SMILES string of the molecule is FC(Cl)c1cc(C(Cl)Cl)[nH]n1. The highest BCUT2D eigenvalue weighted by Gasteiger charge is 2.12. The Morgan fingerprint density at radius 3 is 2.36 bits per heavy atom. The second kappa shape index (κ2) is 3.61. The molecule has 0 aliphatic rings. The molecule has 1 unspecified atom stereocenters. The van der Waals surface area contributed by atoms with E-state index in [0.717, 1.165) is 0 Å². The molecule has 0 spiro atoms. The molecule has 1 N–H and O–H groups in total. The third kappa shape index (κ3) is 2.22. The van der Waals surface area contributed by atoms with E-state index in [-0.39, 0.29) is 5.69 Å². The predicted octanol–water partition coefficient (Wildman–Crippen LogP) is 3.09. The van der Waals surface area contributed by atoms with Crippen molar-refractivity contribution in [2.75, 3.05) is 0 Å². The third-order valence-electron chi connectivity index (χ3n) is 1.08. The minimum absolute atomic E-state index is 0.0907. The third-order valence-corrected chi connectivity index (χ3v) is 1.77. The van der Waals surface area contributed by atoms with Gasteiger partial charge in [0.1, 0.15) is 10.5 Å². The first-order valence-corrected chi connectivity index (χ1v) is 4.03. The van der Waals surface area contributed by atoms with E-state index in [2.05, 4.69) is 10.2 Å². The van der Waals surface area contributed by atoms with Crippen molar-refractivity contribution < 1.29 is 4.39 Å². The van der Waals surface area contributed by atoms with Crippen LogP contribution in [0.25, 0.3) is 0 Å². The van der Waals surface area contributed by atoms with Crippen molar-refractivity contribution in [2.24, 2.45) is 0 Å². The Bertz CT molecular complexity index is 213. The molecule has 1 rings (SSSR count). The number of alkyl halides is 4. The van der Waals surface area contributed by atoms with Crippen molar-refractivity contribution in [3.63, 3.8) is 0 Å². The van der Waals surface area contributed by atoms with Gasteiger partial charge in [-0.05, 0) is 6.07 Å². The quantitative estimate of drug-likeness (QED) is 0.758. The van der Waals surface area contributed by atoms with E-state index in [1.165, 1.54) is 6.07 Å². The Morgan fingerprint density at radius 2 is 2.09 bits per heavy atom. The van der Waals surface area contributed by atoms with Crippen LogP contribution in [-0.2, 0) is 0 Å². The predicted molar refractivity (Wildman–Crippen MR) is 42.7 cm³/mol. The van der Waals surface area contributed by atoms with E-state index >= 15 is 0 Å². The summed E-state index contributed by atoms with van der Waals surface area (Å²) in [4.78, 5) is -0.730. The zero-order valence-electron chi connectivity index (χ0n) is 5.19. The van der Waals surface area contributed by atoms with E-state index in [4.69, 9.17) is 34.8 Å². The summed E-state index contributed by atoms with van der Waals surface area (Å²) in [6.07, 6.45) is 0. The van der Waals surface area contributed by atoms with Crippen LogP contribution in [0, 0.1) is 0 Å². The van der Waals surface area contributed by atoms with Gasteiger partial charge in [0.05, 0.1) is 5.69 Å². The number of hydrogen-bond acceptors (Lipinski definition) is 1. The molecule has 0 aliphatic carbocycles. The van der Waals surface area contributed by atoms with Gasteiger partial charge in [-0.15, -0.1) is 0 Å². The summed E-state index contributed by atoms with van der Waals surface area (Å²) in [5.41, 5.74) is -1.09. The maximum absolute atomic E-state index is 12.3. The minimum Gasteiger partial charge on any atom is -0.279 e. The van der Waals surface area contributed by atoms with Crippen molar-refractivity contribution in [1.82, 2.24) is 10.2 Å². The van der Waals surface area contributed by atoms with Crippen LogP contribution in [0.4, 0.5) is 4.39 Å². The van der Waals surface area contributed by atoms with Crippen LogP contribution >= 0.6 is 34.8 Å². The molecule has 62 valence electrons. The Morgan fingerprint density at radius 1 is 1.45 bits per heavy atom. The highest BCUT2D eigenvalue weighted by Crippen LogP contribution is 2.26. The van der Waals surface area contributed by atoms with E-state index in [9.17, 15) is 4.39 Å². The Labute approximate surface area is 77.6 Å². The fraction of sp³-hybridized carbons (Fsp3) is 0.400. The van der Waals surface area contributed by atoms with Crippen molar-refractivity contribution >= 4 is 34.8 Å². The summed E-state index contributed by atoms with van der Waals surface area (Å²) < 4.78 is 12.3. The molecule has 1 heterocycles. The number of hydrogen-bond donors (Lipinski definition) is 1. The van der Waals surface area contributed by atoms with Gasteiger partial charge in [-0.3, -0.25) is 5.10 Å². The van der Waals surface area contributed by atoms with Crippen LogP contribution in [0.3, 0.4) is 0 Å². The first-order valence-electron chi connectivity index (χ1n) is 2.72. The summed E-state index contributed by atoms with van der Waals surface area (Å²) in [5, 5.41) is 5.98. The molecule has 0 saturated heterocycles. The van der Waals surface area contributed by atoms with Crippen LogP contribution < -0.4 is 0 Å². The lowest BCUT2D eigenvalue weighted by molar-refractivity contribution is 0.451. The van der Waals surface area contributed by atoms with E-state index in [1.54, 1.807) is 0 Å². The molecular weight excluding hydrogens is 213 g/mol. The first kappa shape index (κ1) is 9.10. The number of aromatic nitrogens is 2. The topological polar surface area (TPSA) is 28.7 Å². The molecule has 1 atom stereocenters. The molecule has 0 radical (unpaired) electrons. The van der Waals surface area contributed by atoms with Crippen molar-refractivity contribution in [3.05, 3.63) is 17.5 Å². The first-order chi connectivity index (χ1) is 5.11. The molecule has 1 aromatic heterocycles. The van der Waals surface area contributed by atoms with Gasteiger partial charge in [0.25, 0.3) is 0 Å². The molecule has 1 aromatic rings. The van der Waals surface area contributed by atoms with E-state index in [0.29, 0.717) is 5.69 Å². The van der Waals surface area contributed by atoms with E-state index in [1.807, 2.05) is 0 Å². The lowest BCUT2D eigenvalue weighted by Crippen LogP contribution is -1.80.